The monoisotopic (exact) mass is 396 g/mol. The normalized spacial score (nSPS) is 17.2. The number of aliphatic hydroxyl groups is 1. The van der Waals surface area contributed by atoms with E-state index in [4.69, 9.17) is 9.47 Å². The minimum absolute atomic E-state index is 0.103. The molecule has 0 aliphatic carbocycles. The second-order valence-corrected chi connectivity index (χ2v) is 6.49. The third-order valence-corrected chi connectivity index (χ3v) is 4.81. The zero-order chi connectivity index (χ0) is 20.8. The molecule has 7 heteroatoms. The number of para-hydroxylation sites is 1. The third-order valence-electron chi connectivity index (χ3n) is 4.81. The van der Waals surface area contributed by atoms with Crippen LogP contribution in [0, 0.1) is 0 Å². The first-order valence-electron chi connectivity index (χ1n) is 9.26. The second-order valence-electron chi connectivity index (χ2n) is 6.49. The zero-order valence-electron chi connectivity index (χ0n) is 16.4. The lowest BCUT2D eigenvalue weighted by Crippen LogP contribution is -2.51. The molecule has 2 aromatic carbocycles. The average molecular weight is 396 g/mol. The van der Waals surface area contributed by atoms with E-state index < -0.39 is 18.1 Å². The lowest BCUT2D eigenvalue weighted by Gasteiger charge is -2.45. The number of ether oxygens (including phenoxy) is 2. The maximum absolute atomic E-state index is 12.8. The summed E-state index contributed by atoms with van der Waals surface area (Å²) in [5.41, 5.74) is 1.94. The van der Waals surface area contributed by atoms with Crippen molar-refractivity contribution in [3.8, 4) is 0 Å². The molecule has 1 N–H and O–H groups in total. The van der Waals surface area contributed by atoms with E-state index in [2.05, 4.69) is 0 Å². The van der Waals surface area contributed by atoms with E-state index in [1.165, 1.54) is 14.2 Å². The topological polar surface area (TPSA) is 79.3 Å². The van der Waals surface area contributed by atoms with Gasteiger partial charge < -0.3 is 19.5 Å². The van der Waals surface area contributed by atoms with Gasteiger partial charge in [0.05, 0.1) is 26.4 Å². The number of esters is 2. The van der Waals surface area contributed by atoms with Gasteiger partial charge in [-0.15, -0.1) is 0 Å². The first kappa shape index (κ1) is 20.6. The summed E-state index contributed by atoms with van der Waals surface area (Å²) in [7, 11) is 2.56. The molecule has 152 valence electrons. The number of hydrogen-bond donors (Lipinski definition) is 1. The smallest absolute Gasteiger partial charge is 0.355 e. The molecule has 0 radical (unpaired) electrons. The molecule has 3 rings (SSSR count). The molecule has 0 bridgehead atoms. The van der Waals surface area contributed by atoms with Crippen molar-refractivity contribution in [2.45, 2.75) is 6.17 Å². The van der Waals surface area contributed by atoms with Gasteiger partial charge in [0.15, 0.2) is 0 Å². The Labute approximate surface area is 169 Å². The van der Waals surface area contributed by atoms with Crippen LogP contribution in [0.4, 0.5) is 5.69 Å². The van der Waals surface area contributed by atoms with Crippen molar-refractivity contribution < 1.29 is 24.2 Å². The summed E-state index contributed by atoms with van der Waals surface area (Å²) in [6.07, 6.45) is -0.423. The molecule has 1 aliphatic heterocycles. The van der Waals surface area contributed by atoms with E-state index in [0.717, 1.165) is 5.56 Å². The maximum Gasteiger partial charge on any atom is 0.355 e. The first-order valence-corrected chi connectivity index (χ1v) is 9.26. The molecule has 0 aromatic heterocycles. The summed E-state index contributed by atoms with van der Waals surface area (Å²) < 4.78 is 9.98. The van der Waals surface area contributed by atoms with Gasteiger partial charge in [0.1, 0.15) is 11.9 Å². The lowest BCUT2D eigenvalue weighted by molar-refractivity contribution is -0.140. The molecule has 0 amide bonds. The van der Waals surface area contributed by atoms with Crippen molar-refractivity contribution in [2.75, 3.05) is 38.8 Å². The number of hydrogen-bond acceptors (Lipinski definition) is 7. The lowest BCUT2D eigenvalue weighted by atomic mass is 10.0. The van der Waals surface area contributed by atoms with E-state index in [1.807, 2.05) is 65.6 Å². The molecule has 0 fully saturated rings. The standard InChI is InChI=1S/C22H24N2O5/c1-28-21(26)18-15-23(13-14-25)20(16-9-5-3-6-10-16)24(19(18)22(27)29-2)17-11-7-4-8-12-17/h3-12,20,25H,13-15H2,1-2H3. The zero-order valence-corrected chi connectivity index (χ0v) is 16.4. The van der Waals surface area contributed by atoms with Crippen LogP contribution in [0.2, 0.25) is 0 Å². The maximum atomic E-state index is 12.8. The highest BCUT2D eigenvalue weighted by Crippen LogP contribution is 2.39. The molecular weight excluding hydrogens is 372 g/mol. The molecule has 7 nitrogen and oxygen atoms in total. The van der Waals surface area contributed by atoms with E-state index >= 15 is 0 Å². The van der Waals surface area contributed by atoms with Gasteiger partial charge in [-0.2, -0.15) is 0 Å². The number of carbonyl (C=O) groups excluding carboxylic acids is 2. The minimum Gasteiger partial charge on any atom is -0.466 e. The Morgan fingerprint density at radius 1 is 0.966 bits per heavy atom. The van der Waals surface area contributed by atoms with Crippen molar-refractivity contribution in [3.63, 3.8) is 0 Å². The Hall–Kier alpha value is -3.16. The van der Waals surface area contributed by atoms with E-state index in [1.54, 1.807) is 4.90 Å². The van der Waals surface area contributed by atoms with Crippen molar-refractivity contribution in [1.82, 2.24) is 4.90 Å². The van der Waals surface area contributed by atoms with Gasteiger partial charge in [0.25, 0.3) is 0 Å². The number of β-amino-alcohol motifs (C(OH)–C–C–N with tert-alkyl or cyclic N) is 1. The molecular formula is C22H24N2O5. The number of nitrogens with zero attached hydrogens (tertiary/aromatic N) is 2. The fraction of sp³-hybridized carbons (Fsp3) is 0.273. The third kappa shape index (κ3) is 4.16. The summed E-state index contributed by atoms with van der Waals surface area (Å²) in [6.45, 7) is 0.340. The van der Waals surface area contributed by atoms with Gasteiger partial charge in [-0.1, -0.05) is 48.5 Å². The fourth-order valence-electron chi connectivity index (χ4n) is 3.57. The second kappa shape index (κ2) is 9.36. The molecule has 1 heterocycles. The van der Waals surface area contributed by atoms with Crippen molar-refractivity contribution in [2.24, 2.45) is 0 Å². The Morgan fingerprint density at radius 2 is 1.55 bits per heavy atom. The van der Waals surface area contributed by atoms with E-state index in [-0.39, 0.29) is 24.4 Å². The van der Waals surface area contributed by atoms with Crippen LogP contribution >= 0.6 is 0 Å². The Bertz CT molecular complexity index is 883. The van der Waals surface area contributed by atoms with Gasteiger partial charge in [0.2, 0.25) is 0 Å². The Morgan fingerprint density at radius 3 is 2.10 bits per heavy atom. The summed E-state index contributed by atoms with van der Waals surface area (Å²) in [5, 5.41) is 9.66. The number of anilines is 1. The molecule has 29 heavy (non-hydrogen) atoms. The summed E-state index contributed by atoms with van der Waals surface area (Å²) in [5.74, 6) is -1.24. The van der Waals surface area contributed by atoms with Crippen LogP contribution in [-0.2, 0) is 19.1 Å². The minimum atomic E-state index is -0.626. The molecule has 0 saturated heterocycles. The van der Waals surface area contributed by atoms with E-state index in [0.29, 0.717) is 12.2 Å². The average Bonchev–Trinajstić information content (AvgIpc) is 2.78. The molecule has 0 spiro atoms. The number of carbonyl (C=O) groups is 2. The number of aliphatic hydroxyl groups excluding tert-OH is 1. The fourth-order valence-corrected chi connectivity index (χ4v) is 3.57. The van der Waals surface area contributed by atoms with Crippen LogP contribution in [0.15, 0.2) is 71.9 Å². The summed E-state index contributed by atoms with van der Waals surface area (Å²) >= 11 is 0. The summed E-state index contributed by atoms with van der Waals surface area (Å²) in [4.78, 5) is 29.1. The molecule has 1 unspecified atom stereocenters. The highest BCUT2D eigenvalue weighted by Gasteiger charge is 2.41. The predicted octanol–water partition coefficient (Wildman–Crippen LogP) is 2.10. The quantitative estimate of drug-likeness (QED) is 0.749. The number of rotatable bonds is 6. The Balaban J connectivity index is 2.28. The van der Waals surface area contributed by atoms with Gasteiger partial charge in [-0.05, 0) is 17.7 Å². The highest BCUT2D eigenvalue weighted by molar-refractivity contribution is 6.03. The first-order chi connectivity index (χ1) is 14.1. The Kier molecular flexibility index (Phi) is 6.64. The molecule has 2 aromatic rings. The molecule has 0 saturated carbocycles. The van der Waals surface area contributed by atoms with Gasteiger partial charge in [-0.3, -0.25) is 4.90 Å². The van der Waals surface area contributed by atoms with Crippen molar-refractivity contribution in [1.29, 1.82) is 0 Å². The largest absolute Gasteiger partial charge is 0.466 e. The molecule has 1 aliphatic rings. The van der Waals surface area contributed by atoms with Gasteiger partial charge >= 0.3 is 11.9 Å². The van der Waals surface area contributed by atoms with Crippen molar-refractivity contribution >= 4 is 17.6 Å². The predicted molar refractivity (Wildman–Crippen MR) is 108 cm³/mol. The van der Waals surface area contributed by atoms with Crippen LogP contribution in [-0.4, -0.2) is 55.9 Å². The molecule has 1 atom stereocenters. The summed E-state index contributed by atoms with van der Waals surface area (Å²) in [6, 6.07) is 18.9. The van der Waals surface area contributed by atoms with Crippen molar-refractivity contribution in [3.05, 3.63) is 77.5 Å². The van der Waals surface area contributed by atoms with Crippen LogP contribution in [0.3, 0.4) is 0 Å². The van der Waals surface area contributed by atoms with Gasteiger partial charge in [0, 0.05) is 18.8 Å². The number of methoxy groups -OCH3 is 2. The number of benzene rings is 2. The van der Waals surface area contributed by atoms with Crippen LogP contribution < -0.4 is 4.90 Å². The van der Waals surface area contributed by atoms with E-state index in [9.17, 15) is 14.7 Å². The van der Waals surface area contributed by atoms with Crippen LogP contribution in [0.5, 0.6) is 0 Å². The SMILES string of the molecule is COC(=O)C1=C(C(=O)OC)N(c2ccccc2)C(c2ccccc2)N(CCO)C1. The highest BCUT2D eigenvalue weighted by atomic mass is 16.5. The van der Waals surface area contributed by atoms with Crippen LogP contribution in [0.1, 0.15) is 11.7 Å². The van der Waals surface area contributed by atoms with Gasteiger partial charge in [-0.25, -0.2) is 9.59 Å². The van der Waals surface area contributed by atoms with Crippen LogP contribution in [0.25, 0.3) is 0 Å².